The Morgan fingerprint density at radius 3 is 2.51 bits per heavy atom. The van der Waals surface area contributed by atoms with E-state index in [9.17, 15) is 27.2 Å². The van der Waals surface area contributed by atoms with Crippen LogP contribution in [-0.2, 0) is 16.1 Å². The monoisotopic (exact) mass is 568 g/mol. The predicted octanol–water partition coefficient (Wildman–Crippen LogP) is 4.87. The summed E-state index contributed by atoms with van der Waals surface area (Å²) >= 11 is 0. The van der Waals surface area contributed by atoms with Crippen LogP contribution >= 0.6 is 0 Å². The van der Waals surface area contributed by atoms with Crippen LogP contribution in [0.1, 0.15) is 36.0 Å². The molecule has 0 aliphatic carbocycles. The molecule has 1 aliphatic heterocycles. The fourth-order valence-electron chi connectivity index (χ4n) is 4.94. The van der Waals surface area contributed by atoms with Crippen molar-refractivity contribution in [2.24, 2.45) is 0 Å². The minimum absolute atomic E-state index is 0.0228. The van der Waals surface area contributed by atoms with Gasteiger partial charge in [-0.25, -0.2) is 4.39 Å². The molecule has 1 fully saturated rings. The second-order valence-corrected chi connectivity index (χ2v) is 9.72. The number of nitrogens with one attached hydrogen (secondary N) is 2. The molecular weight excluding hydrogens is 540 g/mol. The number of hydrogen-bond acceptors (Lipinski definition) is 5. The smallest absolute Gasteiger partial charge is 0.405 e. The molecule has 3 aromatic rings. The summed E-state index contributed by atoms with van der Waals surface area (Å²) in [5.41, 5.74) is 1.70. The Morgan fingerprint density at radius 2 is 1.85 bits per heavy atom. The lowest BCUT2D eigenvalue weighted by molar-refractivity contribution is -0.274. The number of nitriles is 1. The van der Waals surface area contributed by atoms with Gasteiger partial charge in [0.1, 0.15) is 11.6 Å². The van der Waals surface area contributed by atoms with Gasteiger partial charge in [0.25, 0.3) is 0 Å². The number of nitrogens with zero attached hydrogens (tertiary/aromatic N) is 2. The van der Waals surface area contributed by atoms with Crippen LogP contribution in [0.5, 0.6) is 5.75 Å². The van der Waals surface area contributed by atoms with Crippen molar-refractivity contribution in [3.05, 3.63) is 89.2 Å². The van der Waals surface area contributed by atoms with E-state index in [1.807, 2.05) is 36.4 Å². The normalized spacial score (nSPS) is 17.0. The van der Waals surface area contributed by atoms with Gasteiger partial charge in [-0.3, -0.25) is 9.59 Å². The van der Waals surface area contributed by atoms with Gasteiger partial charge in [0.05, 0.1) is 18.2 Å². The van der Waals surface area contributed by atoms with E-state index in [1.165, 1.54) is 31.2 Å². The number of likely N-dealkylation sites (tertiary alicyclic amines) is 1. The first-order valence-electron chi connectivity index (χ1n) is 12.9. The van der Waals surface area contributed by atoms with Crippen molar-refractivity contribution in [1.82, 2.24) is 15.5 Å². The van der Waals surface area contributed by atoms with Crippen LogP contribution in [0, 0.1) is 17.1 Å². The molecule has 41 heavy (non-hydrogen) atoms. The second-order valence-electron chi connectivity index (χ2n) is 9.72. The average Bonchev–Trinajstić information content (AvgIpc) is 2.95. The number of hydrogen-bond donors (Lipinski definition) is 2. The number of ether oxygens (including phenoxy) is 1. The average molecular weight is 569 g/mol. The Bertz CT molecular complexity index is 1440. The number of rotatable bonds is 8. The maximum atomic E-state index is 14.7. The van der Waals surface area contributed by atoms with Gasteiger partial charge >= 0.3 is 6.36 Å². The SMILES string of the molecule is CC(=O)NCC(=O)N1CC[C@H](NCc2cc(-c3ccc(C#N)cc3F)ccc2OC(F)(F)F)[C@H](c2ccccc2)C1. The largest absolute Gasteiger partial charge is 0.573 e. The molecule has 7 nitrogen and oxygen atoms in total. The third kappa shape index (κ3) is 7.83. The summed E-state index contributed by atoms with van der Waals surface area (Å²) in [6, 6.07) is 18.9. The van der Waals surface area contributed by atoms with E-state index in [-0.39, 0.29) is 53.6 Å². The Morgan fingerprint density at radius 1 is 1.10 bits per heavy atom. The highest BCUT2D eigenvalue weighted by Crippen LogP contribution is 2.33. The number of benzene rings is 3. The van der Waals surface area contributed by atoms with Crippen molar-refractivity contribution in [2.75, 3.05) is 19.6 Å². The summed E-state index contributed by atoms with van der Waals surface area (Å²) in [4.78, 5) is 25.6. The lowest BCUT2D eigenvalue weighted by Crippen LogP contribution is -2.51. The van der Waals surface area contributed by atoms with Crippen molar-refractivity contribution in [2.45, 2.75) is 38.2 Å². The van der Waals surface area contributed by atoms with Crippen molar-refractivity contribution >= 4 is 11.8 Å². The zero-order valence-electron chi connectivity index (χ0n) is 22.2. The van der Waals surface area contributed by atoms with Crippen LogP contribution in [0.4, 0.5) is 17.6 Å². The first kappa shape index (κ1) is 29.6. The lowest BCUT2D eigenvalue weighted by Gasteiger charge is -2.39. The number of piperidine rings is 1. The molecule has 0 radical (unpaired) electrons. The molecule has 11 heteroatoms. The first-order chi connectivity index (χ1) is 19.5. The molecule has 4 rings (SSSR count). The van der Waals surface area contributed by atoms with E-state index < -0.39 is 17.9 Å². The minimum atomic E-state index is -4.93. The van der Waals surface area contributed by atoms with E-state index in [0.717, 1.165) is 17.7 Å². The molecule has 2 amide bonds. The third-order valence-corrected chi connectivity index (χ3v) is 6.93. The Balaban J connectivity index is 1.59. The van der Waals surface area contributed by atoms with Gasteiger partial charge in [-0.2, -0.15) is 5.26 Å². The molecule has 0 saturated carbocycles. The van der Waals surface area contributed by atoms with Crippen molar-refractivity contribution < 1.29 is 31.9 Å². The molecule has 0 aromatic heterocycles. The second kappa shape index (κ2) is 12.8. The van der Waals surface area contributed by atoms with E-state index >= 15 is 0 Å². The van der Waals surface area contributed by atoms with Crippen molar-refractivity contribution in [1.29, 1.82) is 5.26 Å². The summed E-state index contributed by atoms with van der Waals surface area (Å²) in [5.74, 6) is -1.81. The summed E-state index contributed by atoms with van der Waals surface area (Å²) < 4.78 is 58.6. The number of carbonyl (C=O) groups is 2. The molecule has 2 atom stereocenters. The minimum Gasteiger partial charge on any atom is -0.405 e. The van der Waals surface area contributed by atoms with Crippen LogP contribution < -0.4 is 15.4 Å². The highest BCUT2D eigenvalue weighted by Gasteiger charge is 2.34. The molecule has 0 unspecified atom stereocenters. The zero-order valence-corrected chi connectivity index (χ0v) is 22.2. The Labute approximate surface area is 234 Å². The van der Waals surface area contributed by atoms with Crippen LogP contribution in [-0.4, -0.2) is 48.8 Å². The molecule has 0 bridgehead atoms. The molecule has 0 spiro atoms. The molecule has 3 aromatic carbocycles. The standard InChI is InChI=1S/C30H28F4N4O3/c1-19(39)36-17-29(40)38-12-11-27(25(18-38)21-5-3-2-4-6-21)37-16-23-14-22(8-10-28(23)41-30(32,33)34)24-9-7-20(15-35)13-26(24)31/h2-10,13-14,25,27,37H,11-12,16-18H2,1H3,(H,36,39)/t25-,27-/m0/s1. The van der Waals surface area contributed by atoms with Gasteiger partial charge < -0.3 is 20.3 Å². The summed E-state index contributed by atoms with van der Waals surface area (Å²) in [5, 5.41) is 14.9. The van der Waals surface area contributed by atoms with E-state index in [0.29, 0.717) is 25.1 Å². The van der Waals surface area contributed by atoms with Crippen molar-refractivity contribution in [3.63, 3.8) is 0 Å². The number of amides is 2. The molecule has 1 aliphatic rings. The van der Waals surface area contributed by atoms with Gasteiger partial charge in [0, 0.05) is 49.6 Å². The third-order valence-electron chi connectivity index (χ3n) is 6.93. The van der Waals surface area contributed by atoms with E-state index in [1.54, 1.807) is 4.90 Å². The fraction of sp³-hybridized carbons (Fsp3) is 0.300. The summed E-state index contributed by atoms with van der Waals surface area (Å²) in [6.07, 6.45) is -4.42. The molecule has 1 saturated heterocycles. The maximum absolute atomic E-state index is 14.7. The van der Waals surface area contributed by atoms with Gasteiger partial charge in [0.15, 0.2) is 0 Å². The molecule has 1 heterocycles. The molecule has 214 valence electrons. The van der Waals surface area contributed by atoms with Crippen LogP contribution in [0.25, 0.3) is 11.1 Å². The van der Waals surface area contributed by atoms with Crippen molar-refractivity contribution in [3.8, 4) is 22.9 Å². The number of carbonyl (C=O) groups excluding carboxylic acids is 2. The lowest BCUT2D eigenvalue weighted by atomic mass is 9.85. The molecule has 2 N–H and O–H groups in total. The maximum Gasteiger partial charge on any atom is 0.573 e. The Kier molecular flexibility index (Phi) is 9.24. The topological polar surface area (TPSA) is 94.5 Å². The highest BCUT2D eigenvalue weighted by molar-refractivity contribution is 5.83. The van der Waals surface area contributed by atoms with Gasteiger partial charge in [-0.1, -0.05) is 42.5 Å². The number of halogens is 4. The van der Waals surface area contributed by atoms with Crippen LogP contribution in [0.15, 0.2) is 66.7 Å². The fourth-order valence-corrected chi connectivity index (χ4v) is 4.94. The summed E-state index contributed by atoms with van der Waals surface area (Å²) in [6.45, 7) is 1.93. The van der Waals surface area contributed by atoms with Gasteiger partial charge in [0.2, 0.25) is 11.8 Å². The summed E-state index contributed by atoms with van der Waals surface area (Å²) in [7, 11) is 0. The van der Waals surface area contributed by atoms with Gasteiger partial charge in [-0.05, 0) is 41.8 Å². The van der Waals surface area contributed by atoms with E-state index in [4.69, 9.17) is 5.26 Å². The predicted molar refractivity (Wildman–Crippen MR) is 143 cm³/mol. The number of alkyl halides is 3. The van der Waals surface area contributed by atoms with Gasteiger partial charge in [-0.15, -0.1) is 13.2 Å². The van der Waals surface area contributed by atoms with Crippen LogP contribution in [0.2, 0.25) is 0 Å². The highest BCUT2D eigenvalue weighted by atomic mass is 19.4. The van der Waals surface area contributed by atoms with E-state index in [2.05, 4.69) is 15.4 Å². The quantitative estimate of drug-likeness (QED) is 0.378. The Hall–Kier alpha value is -4.43. The van der Waals surface area contributed by atoms with Crippen LogP contribution in [0.3, 0.4) is 0 Å². The zero-order chi connectivity index (χ0) is 29.6. The first-order valence-corrected chi connectivity index (χ1v) is 12.9. The molecular formula is C30H28F4N4O3.